The van der Waals surface area contributed by atoms with Crippen molar-refractivity contribution < 1.29 is 14.8 Å². The largest absolute Gasteiger partial charge is 0.490 e. The molecule has 0 bridgehead atoms. The molecule has 17 heavy (non-hydrogen) atoms. The average Bonchev–Trinajstić information content (AvgIpc) is 2.35. The number of aliphatic hydroxyl groups is 1. The number of ether oxygens (including phenoxy) is 1. The second-order valence-corrected chi connectivity index (χ2v) is 3.58. The molecule has 0 aromatic heterocycles. The van der Waals surface area contributed by atoms with Crippen molar-refractivity contribution >= 4 is 11.4 Å². The number of hydrogen-bond acceptors (Lipinski definition) is 5. The van der Waals surface area contributed by atoms with Gasteiger partial charge in [0, 0.05) is 23.9 Å². The van der Waals surface area contributed by atoms with Gasteiger partial charge in [0.05, 0.1) is 18.6 Å². The van der Waals surface area contributed by atoms with Gasteiger partial charge in [-0.1, -0.05) is 6.92 Å². The maximum Gasteiger partial charge on any atom is 0.311 e. The molecule has 0 saturated carbocycles. The molecule has 6 nitrogen and oxygen atoms in total. The van der Waals surface area contributed by atoms with Crippen molar-refractivity contribution in [3.8, 4) is 5.75 Å². The Hall–Kier alpha value is -1.82. The van der Waals surface area contributed by atoms with E-state index < -0.39 is 4.92 Å². The molecule has 0 aliphatic heterocycles. The average molecular weight is 240 g/mol. The van der Waals surface area contributed by atoms with Gasteiger partial charge in [0.1, 0.15) is 0 Å². The number of benzene rings is 1. The first-order valence-corrected chi connectivity index (χ1v) is 5.32. The quantitative estimate of drug-likeness (QED) is 0.585. The first-order chi connectivity index (χ1) is 8.12. The molecule has 1 rings (SSSR count). The zero-order valence-corrected chi connectivity index (χ0v) is 9.84. The molecule has 6 heteroatoms. The van der Waals surface area contributed by atoms with Gasteiger partial charge < -0.3 is 15.2 Å². The summed E-state index contributed by atoms with van der Waals surface area (Å²) >= 11 is 0. The minimum Gasteiger partial charge on any atom is -0.490 e. The molecule has 94 valence electrons. The van der Waals surface area contributed by atoms with E-state index >= 15 is 0 Å². The summed E-state index contributed by atoms with van der Waals surface area (Å²) in [5.41, 5.74) is 0.614. The van der Waals surface area contributed by atoms with Gasteiger partial charge in [-0.2, -0.15) is 0 Å². The minimum absolute atomic E-state index is 0.00973. The SMILES string of the molecule is CC[C@@H](CO)Nc1ccc([N+](=O)[O-])c(OC)c1. The summed E-state index contributed by atoms with van der Waals surface area (Å²) in [4.78, 5) is 10.2. The summed E-state index contributed by atoms with van der Waals surface area (Å²) in [5.74, 6) is 0.202. The maximum atomic E-state index is 10.7. The molecule has 0 heterocycles. The van der Waals surface area contributed by atoms with Gasteiger partial charge in [-0.15, -0.1) is 0 Å². The molecule has 0 aliphatic carbocycles. The van der Waals surface area contributed by atoms with E-state index in [1.165, 1.54) is 13.2 Å². The molecular weight excluding hydrogens is 224 g/mol. The molecular formula is C11H16N2O4. The highest BCUT2D eigenvalue weighted by molar-refractivity contribution is 5.58. The van der Waals surface area contributed by atoms with Crippen molar-refractivity contribution in [1.82, 2.24) is 0 Å². The van der Waals surface area contributed by atoms with Crippen molar-refractivity contribution in [3.05, 3.63) is 28.3 Å². The van der Waals surface area contributed by atoms with Crippen molar-refractivity contribution in [1.29, 1.82) is 0 Å². The smallest absolute Gasteiger partial charge is 0.311 e. The van der Waals surface area contributed by atoms with Crippen LogP contribution in [0.3, 0.4) is 0 Å². The number of anilines is 1. The third kappa shape index (κ3) is 3.32. The van der Waals surface area contributed by atoms with Crippen LogP contribution in [0, 0.1) is 10.1 Å². The predicted molar refractivity (Wildman–Crippen MR) is 64.4 cm³/mol. The predicted octanol–water partition coefficient (Wildman–Crippen LogP) is 1.79. The van der Waals surface area contributed by atoms with Crippen LogP contribution in [0.1, 0.15) is 13.3 Å². The Labute approximate surface area is 99.4 Å². The highest BCUT2D eigenvalue weighted by Crippen LogP contribution is 2.29. The van der Waals surface area contributed by atoms with E-state index in [4.69, 9.17) is 9.84 Å². The van der Waals surface area contributed by atoms with Crippen LogP contribution in [0.2, 0.25) is 0 Å². The summed E-state index contributed by atoms with van der Waals surface area (Å²) < 4.78 is 4.95. The Bertz CT molecular complexity index is 391. The van der Waals surface area contributed by atoms with Crippen LogP contribution in [0.15, 0.2) is 18.2 Å². The molecule has 0 aliphatic rings. The van der Waals surface area contributed by atoms with Gasteiger partial charge in [-0.3, -0.25) is 10.1 Å². The zero-order valence-electron chi connectivity index (χ0n) is 9.84. The Morgan fingerprint density at radius 2 is 2.29 bits per heavy atom. The number of rotatable bonds is 6. The first kappa shape index (κ1) is 13.2. The molecule has 1 atom stereocenters. The second kappa shape index (κ2) is 6.05. The van der Waals surface area contributed by atoms with Crippen molar-refractivity contribution in [2.45, 2.75) is 19.4 Å². The topological polar surface area (TPSA) is 84.6 Å². The number of nitro benzene ring substituents is 1. The summed E-state index contributed by atoms with van der Waals surface area (Å²) in [7, 11) is 1.38. The third-order valence-electron chi connectivity index (χ3n) is 2.46. The standard InChI is InChI=1S/C11H16N2O4/c1-3-8(7-14)12-9-4-5-10(13(15)16)11(6-9)17-2/h4-6,8,12,14H,3,7H2,1-2H3/t8-/m0/s1. The third-order valence-corrected chi connectivity index (χ3v) is 2.46. The first-order valence-electron chi connectivity index (χ1n) is 5.32. The Morgan fingerprint density at radius 1 is 1.59 bits per heavy atom. The number of nitrogens with zero attached hydrogens (tertiary/aromatic N) is 1. The Morgan fingerprint density at radius 3 is 2.76 bits per heavy atom. The molecule has 0 amide bonds. The summed E-state index contributed by atoms with van der Waals surface area (Å²) in [5, 5.41) is 22.8. The molecule has 0 unspecified atom stereocenters. The number of aliphatic hydroxyl groups excluding tert-OH is 1. The number of hydrogen-bond donors (Lipinski definition) is 2. The molecule has 0 spiro atoms. The maximum absolute atomic E-state index is 10.7. The van der Waals surface area contributed by atoms with E-state index in [-0.39, 0.29) is 24.1 Å². The lowest BCUT2D eigenvalue weighted by molar-refractivity contribution is -0.385. The molecule has 2 N–H and O–H groups in total. The molecule has 1 aromatic carbocycles. The van der Waals surface area contributed by atoms with Gasteiger partial charge in [-0.05, 0) is 12.5 Å². The highest BCUT2D eigenvalue weighted by Gasteiger charge is 2.15. The number of nitro groups is 1. The van der Waals surface area contributed by atoms with Gasteiger partial charge >= 0.3 is 5.69 Å². The summed E-state index contributed by atoms with van der Waals surface area (Å²) in [6, 6.07) is 4.46. The van der Waals surface area contributed by atoms with E-state index in [1.807, 2.05) is 6.92 Å². The normalized spacial score (nSPS) is 11.9. The molecule has 0 saturated heterocycles. The van der Waals surface area contributed by atoms with Gasteiger partial charge in [0.25, 0.3) is 0 Å². The molecule has 1 aromatic rings. The van der Waals surface area contributed by atoms with Crippen molar-refractivity contribution in [2.24, 2.45) is 0 Å². The summed E-state index contributed by atoms with van der Waals surface area (Å²) in [6.45, 7) is 1.95. The Kier molecular flexibility index (Phi) is 4.71. The highest BCUT2D eigenvalue weighted by atomic mass is 16.6. The fourth-order valence-electron chi connectivity index (χ4n) is 1.43. The summed E-state index contributed by atoms with van der Waals surface area (Å²) in [6.07, 6.45) is 0.760. The fourth-order valence-corrected chi connectivity index (χ4v) is 1.43. The van der Waals surface area contributed by atoms with Crippen molar-refractivity contribution in [3.63, 3.8) is 0 Å². The van der Waals surface area contributed by atoms with Gasteiger partial charge in [-0.25, -0.2) is 0 Å². The molecule has 0 radical (unpaired) electrons. The monoisotopic (exact) mass is 240 g/mol. The number of nitrogens with one attached hydrogen (secondary N) is 1. The second-order valence-electron chi connectivity index (χ2n) is 3.58. The van der Waals surface area contributed by atoms with E-state index in [0.717, 1.165) is 6.42 Å². The van der Waals surface area contributed by atoms with Crippen molar-refractivity contribution in [2.75, 3.05) is 19.0 Å². The number of methoxy groups -OCH3 is 1. The van der Waals surface area contributed by atoms with Gasteiger partial charge in [0.15, 0.2) is 5.75 Å². The lowest BCUT2D eigenvalue weighted by atomic mass is 10.2. The van der Waals surface area contributed by atoms with E-state index in [1.54, 1.807) is 12.1 Å². The van der Waals surface area contributed by atoms with Crippen LogP contribution in [0.25, 0.3) is 0 Å². The fraction of sp³-hybridized carbons (Fsp3) is 0.455. The minimum atomic E-state index is -0.494. The van der Waals surface area contributed by atoms with Crippen LogP contribution in [0.4, 0.5) is 11.4 Å². The van der Waals surface area contributed by atoms with E-state index in [2.05, 4.69) is 5.32 Å². The van der Waals surface area contributed by atoms with Crippen LogP contribution in [-0.4, -0.2) is 29.8 Å². The zero-order chi connectivity index (χ0) is 12.8. The van der Waals surface area contributed by atoms with Crippen LogP contribution in [0.5, 0.6) is 5.75 Å². The Balaban J connectivity index is 2.93. The van der Waals surface area contributed by atoms with E-state index in [0.29, 0.717) is 5.69 Å². The van der Waals surface area contributed by atoms with E-state index in [9.17, 15) is 10.1 Å². The van der Waals surface area contributed by atoms with Crippen LogP contribution < -0.4 is 10.1 Å². The molecule has 0 fully saturated rings. The van der Waals surface area contributed by atoms with Crippen LogP contribution >= 0.6 is 0 Å². The van der Waals surface area contributed by atoms with Gasteiger partial charge in [0.2, 0.25) is 0 Å². The lowest BCUT2D eigenvalue weighted by Crippen LogP contribution is -2.22. The van der Waals surface area contributed by atoms with Crippen LogP contribution in [-0.2, 0) is 0 Å². The lowest BCUT2D eigenvalue weighted by Gasteiger charge is -2.15.